The Morgan fingerprint density at radius 3 is 0.918 bits per heavy atom. The number of nitrogens with two attached hydrogens (primary N) is 2. The zero-order valence-electron chi connectivity index (χ0n) is 25.6. The van der Waals surface area contributed by atoms with Gasteiger partial charge >= 0.3 is 0 Å². The van der Waals surface area contributed by atoms with Gasteiger partial charge in [0.2, 0.25) is 0 Å². The predicted molar refractivity (Wildman–Crippen MR) is 195 cm³/mol. The van der Waals surface area contributed by atoms with Crippen molar-refractivity contribution in [2.45, 2.75) is 0 Å². The molecule has 0 unspecified atom stereocenters. The minimum Gasteiger partial charge on any atom is -0.791 e. The molecule has 0 saturated carbocycles. The normalized spacial score (nSPS) is 11.3. The standard InChI is InChI=1S/2C14H12N2O2.2C3H4N2S.Fe/c2*17-15-13(11-7-3-1-4-8-11)14(16-18)12-9-5-2-6-10-12;2*4-3-5-1-2-6-3;/h2*1-10,17-18H;2*1-2H,(H2,4,5);/p-2/b2*15-13+,16-14+;;;. The van der Waals surface area contributed by atoms with Crippen molar-refractivity contribution >= 4 is 55.8 Å². The summed E-state index contributed by atoms with van der Waals surface area (Å²) in [7, 11) is 0. The summed E-state index contributed by atoms with van der Waals surface area (Å²) in [6.45, 7) is 0. The van der Waals surface area contributed by atoms with Gasteiger partial charge in [-0.1, -0.05) is 132 Å². The van der Waals surface area contributed by atoms with E-state index in [0.717, 1.165) is 0 Å². The van der Waals surface area contributed by atoms with Crippen LogP contribution in [0.15, 0.2) is 165 Å². The minimum atomic E-state index is 0. The molecule has 252 valence electrons. The Hall–Kier alpha value is -5.86. The van der Waals surface area contributed by atoms with E-state index in [2.05, 4.69) is 30.6 Å². The molecule has 0 aliphatic rings. The molecule has 12 nitrogen and oxygen atoms in total. The van der Waals surface area contributed by atoms with E-state index < -0.39 is 0 Å². The molecular weight excluding hydrogens is 704 g/mol. The largest absolute Gasteiger partial charge is 0.791 e. The van der Waals surface area contributed by atoms with Crippen LogP contribution in [-0.4, -0.2) is 43.2 Å². The maximum Gasteiger partial charge on any atom is 0.179 e. The van der Waals surface area contributed by atoms with Crippen LogP contribution in [0.5, 0.6) is 0 Å². The summed E-state index contributed by atoms with van der Waals surface area (Å²) < 4.78 is 0. The van der Waals surface area contributed by atoms with Crippen LogP contribution in [0.3, 0.4) is 0 Å². The van der Waals surface area contributed by atoms with Crippen LogP contribution in [0, 0.1) is 10.4 Å². The number of anilines is 2. The van der Waals surface area contributed by atoms with Gasteiger partial charge < -0.3 is 42.6 Å². The Balaban J connectivity index is 0.000000251. The predicted octanol–water partition coefficient (Wildman–Crippen LogP) is 7.15. The summed E-state index contributed by atoms with van der Waals surface area (Å²) in [4.78, 5) is 7.43. The number of benzene rings is 4. The second-order valence-corrected chi connectivity index (χ2v) is 10.8. The zero-order valence-corrected chi connectivity index (χ0v) is 28.3. The number of nitrogens with zero attached hydrogens (tertiary/aromatic N) is 6. The fourth-order valence-corrected chi connectivity index (χ4v) is 4.57. The van der Waals surface area contributed by atoms with Crippen LogP contribution in [-0.2, 0) is 17.1 Å². The van der Waals surface area contributed by atoms with Gasteiger partial charge in [-0.15, -0.1) is 22.7 Å². The molecule has 0 radical (unpaired) electrons. The quantitative estimate of drug-likeness (QED) is 0.0595. The van der Waals surface area contributed by atoms with Crippen LogP contribution < -0.4 is 11.5 Å². The van der Waals surface area contributed by atoms with Gasteiger partial charge in [0, 0.05) is 62.5 Å². The molecule has 49 heavy (non-hydrogen) atoms. The van der Waals surface area contributed by atoms with Crippen LogP contribution in [0.25, 0.3) is 0 Å². The van der Waals surface area contributed by atoms with Gasteiger partial charge in [0.25, 0.3) is 0 Å². The first-order chi connectivity index (χ1) is 23.5. The molecule has 0 aliphatic heterocycles. The van der Waals surface area contributed by atoms with E-state index in [-0.39, 0.29) is 39.9 Å². The smallest absolute Gasteiger partial charge is 0.179 e. The van der Waals surface area contributed by atoms with Gasteiger partial charge in [-0.3, -0.25) is 0 Å². The first-order valence-electron chi connectivity index (χ1n) is 13.9. The van der Waals surface area contributed by atoms with Crippen molar-refractivity contribution in [3.63, 3.8) is 0 Å². The van der Waals surface area contributed by atoms with Crippen LogP contribution in [0.2, 0.25) is 0 Å². The second-order valence-electron chi connectivity index (χ2n) is 8.98. The van der Waals surface area contributed by atoms with E-state index in [9.17, 15) is 10.4 Å². The monoisotopic (exact) mass is 734 g/mol. The summed E-state index contributed by atoms with van der Waals surface area (Å²) in [5, 5.41) is 57.5. The Morgan fingerprint density at radius 2 is 0.755 bits per heavy atom. The summed E-state index contributed by atoms with van der Waals surface area (Å²) in [5.41, 5.74) is 13.4. The molecule has 0 aliphatic carbocycles. The average molecular weight is 735 g/mol. The maximum absolute atomic E-state index is 11.0. The fourth-order valence-electron chi connectivity index (χ4n) is 3.80. The Bertz CT molecular complexity index is 1620. The van der Waals surface area contributed by atoms with E-state index in [1.807, 2.05) is 35.0 Å². The van der Waals surface area contributed by atoms with Gasteiger partial charge in [-0.05, 0) is 0 Å². The fraction of sp³-hybridized carbons (Fsp3) is 0. The molecule has 4 aromatic carbocycles. The summed E-state index contributed by atoms with van der Waals surface area (Å²) in [6, 6.07) is 35.7. The molecule has 0 amide bonds. The third-order valence-corrected chi connectivity index (χ3v) is 7.13. The van der Waals surface area contributed by atoms with Gasteiger partial charge in [0.05, 0.1) is 11.4 Å². The number of thiazole rings is 2. The Morgan fingerprint density at radius 1 is 0.490 bits per heavy atom. The maximum atomic E-state index is 11.0. The van der Waals surface area contributed by atoms with Crippen LogP contribution in [0.4, 0.5) is 10.3 Å². The van der Waals surface area contributed by atoms with Crippen molar-refractivity contribution in [2.24, 2.45) is 20.6 Å². The third-order valence-electron chi connectivity index (χ3n) is 5.92. The van der Waals surface area contributed by atoms with Crippen molar-refractivity contribution in [3.05, 3.63) is 177 Å². The molecule has 2 heterocycles. The van der Waals surface area contributed by atoms with E-state index >= 15 is 0 Å². The number of rotatable bonds is 6. The van der Waals surface area contributed by atoms with Gasteiger partial charge in [-0.2, -0.15) is 0 Å². The SMILES string of the molecule is Nc1nccs1.Nc1nccs1.[Fe].[O-]/N=C(/C(=N/O)c1ccccc1)c1ccccc1.[O-]/N=C(/C(=N/O)c1ccccc1)c1ccccc1. The summed E-state index contributed by atoms with van der Waals surface area (Å²) >= 11 is 2.89. The number of nitrogen functional groups attached to an aromatic ring is 2. The topological polar surface area (TPSA) is 214 Å². The van der Waals surface area contributed by atoms with Crippen molar-refractivity contribution in [3.8, 4) is 0 Å². The van der Waals surface area contributed by atoms with E-state index in [1.54, 1.807) is 109 Å². The van der Waals surface area contributed by atoms with Crippen molar-refractivity contribution in [2.75, 3.05) is 11.5 Å². The van der Waals surface area contributed by atoms with Crippen LogP contribution in [0.1, 0.15) is 22.3 Å². The number of aromatic nitrogens is 2. The first-order valence-corrected chi connectivity index (χ1v) is 15.6. The van der Waals surface area contributed by atoms with Crippen molar-refractivity contribution in [1.29, 1.82) is 0 Å². The molecule has 0 saturated heterocycles. The number of hydrogen-bond acceptors (Lipinski definition) is 14. The Kier molecular flexibility index (Phi) is 18.2. The minimum absolute atomic E-state index is 0. The molecule has 0 spiro atoms. The Labute approximate surface area is 301 Å². The number of hydrogen-bond donors (Lipinski definition) is 4. The average Bonchev–Trinajstić information content (AvgIpc) is 3.85. The molecule has 6 N–H and O–H groups in total. The number of oxime groups is 2. The molecule has 6 rings (SSSR count). The summed E-state index contributed by atoms with van der Waals surface area (Å²) in [6.07, 6.45) is 3.36. The zero-order chi connectivity index (χ0) is 34.4. The molecule has 0 bridgehead atoms. The van der Waals surface area contributed by atoms with Gasteiger partial charge in [-0.25, -0.2) is 9.97 Å². The summed E-state index contributed by atoms with van der Waals surface area (Å²) in [5.74, 6) is 0. The van der Waals surface area contributed by atoms with Gasteiger partial charge in [0.1, 0.15) is 11.4 Å². The van der Waals surface area contributed by atoms with Crippen molar-refractivity contribution < 1.29 is 27.5 Å². The molecule has 15 heteroatoms. The van der Waals surface area contributed by atoms with E-state index in [1.165, 1.54) is 22.7 Å². The second kappa shape index (κ2) is 22.6. The van der Waals surface area contributed by atoms with E-state index in [4.69, 9.17) is 21.9 Å². The molecule has 0 fully saturated rings. The molecular formula is C34H30FeN8O4S2-2. The molecule has 6 aromatic rings. The first kappa shape index (κ1) is 39.3. The van der Waals surface area contributed by atoms with E-state index in [0.29, 0.717) is 32.5 Å². The van der Waals surface area contributed by atoms with Crippen LogP contribution >= 0.6 is 22.7 Å². The molecule has 2 aromatic heterocycles. The molecule has 0 atom stereocenters. The van der Waals surface area contributed by atoms with Gasteiger partial charge in [0.15, 0.2) is 10.3 Å². The third kappa shape index (κ3) is 13.0. The van der Waals surface area contributed by atoms with Crippen molar-refractivity contribution in [1.82, 2.24) is 9.97 Å².